The minimum Gasteiger partial charge on any atom is -0.870 e. The molecule has 0 radical (unpaired) electrons. The van der Waals surface area contributed by atoms with E-state index < -0.39 is 0 Å². The van der Waals surface area contributed by atoms with E-state index in [0.29, 0.717) is 0 Å². The van der Waals surface area contributed by atoms with Crippen LogP contribution >= 0.6 is 43.0 Å². The maximum Gasteiger partial charge on any atom is 0 e. The zero-order chi connectivity index (χ0) is 3.41. The Morgan fingerprint density at radius 3 is 0.909 bits per heavy atom. The smallest absolute Gasteiger partial charge is 0 e. The fraction of sp³-hybridized carbons (Fsp3) is 0. The van der Waals surface area contributed by atoms with E-state index in [0.717, 1.165) is 0 Å². The van der Waals surface area contributed by atoms with Gasteiger partial charge in [-0.25, -0.2) is 0 Å². The van der Waals surface area contributed by atoms with Gasteiger partial charge in [-0.2, -0.15) is 0 Å². The molecule has 80 valence electrons. The zero-order valence-corrected chi connectivity index (χ0v) is 11.9. The molecule has 11 heteroatoms. The van der Waals surface area contributed by atoms with Crippen molar-refractivity contribution in [1.82, 2.24) is 24.6 Å². The first-order valence-corrected chi connectivity index (χ1v) is 4.79. The summed E-state index contributed by atoms with van der Waals surface area (Å²) in [7, 11) is 2.66. The Kier molecular flexibility index (Phi) is 657. The Labute approximate surface area is 99.0 Å². The van der Waals surface area contributed by atoms with Crippen LogP contribution in [-0.2, 0) is 21.1 Å². The van der Waals surface area contributed by atoms with Crippen LogP contribution in [0.1, 0.15) is 0 Å². The third-order valence-electron chi connectivity index (χ3n) is 0.0333. The van der Waals surface area contributed by atoms with Crippen LogP contribution in [0.5, 0.6) is 0 Å². The van der Waals surface area contributed by atoms with Crippen molar-refractivity contribution in [3.63, 3.8) is 0 Å². The summed E-state index contributed by atoms with van der Waals surface area (Å²) < 4.78 is 0. The van der Waals surface area contributed by atoms with E-state index >= 15 is 0 Å². The predicted molar refractivity (Wildman–Crippen MR) is 60.7 cm³/mol. The molecule has 0 aromatic heterocycles. The largest absolute Gasteiger partial charge is 0.870 e. The van der Waals surface area contributed by atoms with Gasteiger partial charge in [0.05, 0.1) is 0 Å². The van der Waals surface area contributed by atoms with Crippen molar-refractivity contribution in [3.05, 3.63) is 0 Å². The standard InChI is InChI=1S/Mo.4H3N.2H2O.H2S4/c;;;;;;;1-3-4-2/h;4*1H3;2*1H2;1-2H/p+1. The summed E-state index contributed by atoms with van der Waals surface area (Å²) in [6.45, 7) is 0. The second-order valence-electron chi connectivity index (χ2n) is 0.149. The Morgan fingerprint density at radius 1 is 0.818 bits per heavy atom. The van der Waals surface area contributed by atoms with Crippen molar-refractivity contribution in [3.8, 4) is 0 Å². The first-order chi connectivity index (χ1) is 1.91. The SMILES string of the molecule is N.N.O.SSSS.[Mo].[NH4+].[NH4+].[OH-]. The Bertz CT molecular complexity index is 22.1. The normalized spacial score (nSPS) is 2.73. The average molecular weight is 331 g/mol. The molecule has 0 aromatic carbocycles. The van der Waals surface area contributed by atoms with E-state index in [1.54, 1.807) is 0 Å². The Hall–Kier alpha value is 1.85. The van der Waals surface area contributed by atoms with Gasteiger partial charge < -0.3 is 35.6 Å². The molecule has 6 nitrogen and oxygen atoms in total. The van der Waals surface area contributed by atoms with Gasteiger partial charge >= 0.3 is 0 Å². The molecule has 0 saturated heterocycles. The quantitative estimate of drug-likeness (QED) is 0.242. The molecule has 0 aliphatic heterocycles. The van der Waals surface area contributed by atoms with Crippen LogP contribution in [-0.4, -0.2) is 11.0 Å². The van der Waals surface area contributed by atoms with Crippen LogP contribution in [0.4, 0.5) is 0 Å². The van der Waals surface area contributed by atoms with E-state index in [-0.39, 0.29) is 56.6 Å². The van der Waals surface area contributed by atoms with Gasteiger partial charge in [-0.3, -0.25) is 0 Å². The van der Waals surface area contributed by atoms with Gasteiger partial charge in [0.1, 0.15) is 0 Å². The topological polar surface area (TPSA) is 204 Å². The van der Waals surface area contributed by atoms with Gasteiger partial charge in [0.15, 0.2) is 0 Å². The van der Waals surface area contributed by atoms with Crippen LogP contribution in [0.25, 0.3) is 0 Å². The summed E-state index contributed by atoms with van der Waals surface area (Å²) in [6.07, 6.45) is 0. The molecule has 0 unspecified atom stereocenters. The van der Waals surface area contributed by atoms with Crippen LogP contribution < -0.4 is 24.6 Å². The number of hydrogen-bond acceptors (Lipinski definition) is 7. The molecule has 0 saturated carbocycles. The fourth-order valence-corrected chi connectivity index (χ4v) is 0. The number of quaternary nitrogens is 2. The summed E-state index contributed by atoms with van der Waals surface area (Å²) in [4.78, 5) is 0. The molecule has 0 aliphatic rings. The molecule has 0 fully saturated rings. The second kappa shape index (κ2) is 94.2. The van der Waals surface area contributed by atoms with Gasteiger partial charge in [-0.05, 0) is 19.7 Å². The minimum absolute atomic E-state index is 0. The minimum atomic E-state index is 0. The second-order valence-corrected chi connectivity index (χ2v) is 4.02. The third-order valence-corrected chi connectivity index (χ3v) is 2.70. The van der Waals surface area contributed by atoms with Gasteiger partial charge in [0.25, 0.3) is 0 Å². The van der Waals surface area contributed by atoms with Crippen molar-refractivity contribution in [2.24, 2.45) is 0 Å². The van der Waals surface area contributed by atoms with Gasteiger partial charge in [0, 0.05) is 21.1 Å². The summed E-state index contributed by atoms with van der Waals surface area (Å²) in [5.74, 6) is 0. The first-order valence-electron chi connectivity index (χ1n) is 0.532. The number of rotatable bonds is 1. The average Bonchev–Trinajstić information content (AvgIpc) is 1.37. The monoisotopic (exact) mass is 333 g/mol. The summed E-state index contributed by atoms with van der Waals surface area (Å²) in [5.41, 5.74) is 0. The summed E-state index contributed by atoms with van der Waals surface area (Å²) in [5, 5.41) is 0. The molecule has 0 aliphatic carbocycles. The fourth-order valence-electron chi connectivity index (χ4n) is 0. The molecular weight excluding hydrogens is 312 g/mol. The molecule has 0 spiro atoms. The number of hydrogen-bond donors (Lipinski definition) is 6. The first kappa shape index (κ1) is 76.7. The van der Waals surface area contributed by atoms with E-state index in [2.05, 4.69) is 23.3 Å². The van der Waals surface area contributed by atoms with Gasteiger partial charge in [-0.15, -0.1) is 0 Å². The molecule has 0 rings (SSSR count). The number of thiol groups is 2. The van der Waals surface area contributed by atoms with E-state index in [4.69, 9.17) is 0 Å². The van der Waals surface area contributed by atoms with Crippen LogP contribution in [0, 0.1) is 0 Å². The van der Waals surface area contributed by atoms with Crippen molar-refractivity contribution < 1.29 is 32.0 Å². The molecule has 11 heavy (non-hydrogen) atoms. The third kappa shape index (κ3) is 142. The zero-order valence-electron chi connectivity index (χ0n) is 6.48. The molecule has 17 N–H and O–H groups in total. The Balaban J connectivity index is -0.00000000214. The van der Waals surface area contributed by atoms with Crippen LogP contribution in [0.3, 0.4) is 0 Å². The molecule has 0 heterocycles. The maximum absolute atomic E-state index is 3.72. The van der Waals surface area contributed by atoms with Gasteiger partial charge in [-0.1, -0.05) is 23.3 Å². The van der Waals surface area contributed by atoms with Crippen molar-refractivity contribution in [1.29, 1.82) is 0 Å². The van der Waals surface area contributed by atoms with E-state index in [1.165, 1.54) is 19.7 Å². The Morgan fingerprint density at radius 2 is 0.909 bits per heavy atom. The van der Waals surface area contributed by atoms with Crippen LogP contribution in [0.2, 0.25) is 0 Å². The van der Waals surface area contributed by atoms with Crippen molar-refractivity contribution in [2.75, 3.05) is 0 Å². The van der Waals surface area contributed by atoms with Gasteiger partial charge in [0.2, 0.25) is 0 Å². The molecule has 0 amide bonds. The molecular formula is H19MoN4O2S4+. The van der Waals surface area contributed by atoms with Crippen molar-refractivity contribution in [2.45, 2.75) is 0 Å². The predicted octanol–water partition coefficient (Wildman–Crippen LogP) is 2.13. The molecule has 0 bridgehead atoms. The van der Waals surface area contributed by atoms with E-state index in [1.807, 2.05) is 0 Å². The molecule has 0 aromatic rings. The van der Waals surface area contributed by atoms with E-state index in [9.17, 15) is 0 Å². The molecule has 0 atom stereocenters. The van der Waals surface area contributed by atoms with Crippen molar-refractivity contribution >= 4 is 43.0 Å². The van der Waals surface area contributed by atoms with Crippen LogP contribution in [0.15, 0.2) is 0 Å². The maximum atomic E-state index is 3.72. The summed E-state index contributed by atoms with van der Waals surface area (Å²) in [6, 6.07) is 0. The summed E-state index contributed by atoms with van der Waals surface area (Å²) >= 11 is 7.45.